The number of ether oxygens (including phenoxy) is 2. The Labute approximate surface area is 72.4 Å². The van der Waals surface area contributed by atoms with E-state index in [1.807, 2.05) is 13.8 Å². The molecular formula is C9H14O3. The summed E-state index contributed by atoms with van der Waals surface area (Å²) in [6.45, 7) is 6.16. The van der Waals surface area contributed by atoms with E-state index in [0.29, 0.717) is 6.61 Å². The molecule has 1 fully saturated rings. The quantitative estimate of drug-likeness (QED) is 0.466. The SMILES string of the molecule is CC(C)=CC(=O)OC1(C)CCO1. The molecule has 1 aliphatic rings. The molecule has 0 aromatic carbocycles. The van der Waals surface area contributed by atoms with Crippen molar-refractivity contribution in [3.8, 4) is 0 Å². The molecule has 0 aromatic heterocycles. The van der Waals surface area contributed by atoms with Gasteiger partial charge in [0.1, 0.15) is 0 Å². The van der Waals surface area contributed by atoms with Crippen molar-refractivity contribution in [1.82, 2.24) is 0 Å². The van der Waals surface area contributed by atoms with Crippen molar-refractivity contribution in [2.75, 3.05) is 6.61 Å². The maximum absolute atomic E-state index is 11.1. The molecule has 0 aromatic rings. The Balaban J connectivity index is 2.41. The molecule has 3 nitrogen and oxygen atoms in total. The highest BCUT2D eigenvalue weighted by Crippen LogP contribution is 2.27. The monoisotopic (exact) mass is 170 g/mol. The molecule has 0 spiro atoms. The highest BCUT2D eigenvalue weighted by Gasteiger charge is 2.36. The second-order valence-electron chi connectivity index (χ2n) is 3.38. The number of esters is 1. The van der Waals surface area contributed by atoms with E-state index >= 15 is 0 Å². The third kappa shape index (κ3) is 2.34. The van der Waals surface area contributed by atoms with Crippen LogP contribution in [0.3, 0.4) is 0 Å². The summed E-state index contributed by atoms with van der Waals surface area (Å²) in [5.41, 5.74) is 0.933. The molecule has 1 unspecified atom stereocenters. The summed E-state index contributed by atoms with van der Waals surface area (Å²) < 4.78 is 10.1. The molecule has 1 heterocycles. The van der Waals surface area contributed by atoms with Crippen molar-refractivity contribution in [3.05, 3.63) is 11.6 Å². The van der Waals surface area contributed by atoms with E-state index in [1.165, 1.54) is 6.08 Å². The van der Waals surface area contributed by atoms with Gasteiger partial charge in [0, 0.05) is 19.4 Å². The number of carbonyl (C=O) groups is 1. The zero-order valence-corrected chi connectivity index (χ0v) is 7.72. The van der Waals surface area contributed by atoms with Crippen LogP contribution in [0.2, 0.25) is 0 Å². The van der Waals surface area contributed by atoms with Crippen molar-refractivity contribution >= 4 is 5.97 Å². The Bertz CT molecular complexity index is 210. The average molecular weight is 170 g/mol. The van der Waals surface area contributed by atoms with Gasteiger partial charge in [-0.2, -0.15) is 0 Å². The number of carbonyl (C=O) groups excluding carboxylic acids is 1. The second-order valence-corrected chi connectivity index (χ2v) is 3.38. The molecule has 1 saturated heterocycles. The average Bonchev–Trinajstić information content (AvgIpc) is 1.81. The molecule has 12 heavy (non-hydrogen) atoms. The van der Waals surface area contributed by atoms with Crippen LogP contribution in [0.4, 0.5) is 0 Å². The molecule has 0 saturated carbocycles. The van der Waals surface area contributed by atoms with Crippen LogP contribution < -0.4 is 0 Å². The molecule has 0 radical (unpaired) electrons. The smallest absolute Gasteiger partial charge is 0.333 e. The molecule has 0 N–H and O–H groups in total. The van der Waals surface area contributed by atoms with Crippen molar-refractivity contribution in [1.29, 1.82) is 0 Å². The molecule has 68 valence electrons. The summed E-state index contributed by atoms with van der Waals surface area (Å²) in [6, 6.07) is 0. The molecule has 0 aliphatic carbocycles. The molecule has 1 aliphatic heterocycles. The fraction of sp³-hybridized carbons (Fsp3) is 0.667. The van der Waals surface area contributed by atoms with Crippen LogP contribution in [-0.2, 0) is 14.3 Å². The normalized spacial score (nSPS) is 27.2. The lowest BCUT2D eigenvalue weighted by Crippen LogP contribution is -2.44. The summed E-state index contributed by atoms with van der Waals surface area (Å²) in [5.74, 6) is -0.986. The Morgan fingerprint density at radius 2 is 2.17 bits per heavy atom. The Hall–Kier alpha value is -0.830. The highest BCUT2D eigenvalue weighted by molar-refractivity contribution is 5.82. The summed E-state index contributed by atoms with van der Waals surface area (Å²) in [4.78, 5) is 11.1. The first kappa shape index (κ1) is 9.26. The Kier molecular flexibility index (Phi) is 2.52. The van der Waals surface area contributed by atoms with Crippen molar-refractivity contribution < 1.29 is 14.3 Å². The molecule has 3 heteroatoms. The molecule has 0 bridgehead atoms. The van der Waals surface area contributed by atoms with Crippen LogP contribution in [-0.4, -0.2) is 18.4 Å². The summed E-state index contributed by atoms with van der Waals surface area (Å²) in [5, 5.41) is 0. The van der Waals surface area contributed by atoms with Crippen LogP contribution in [0.25, 0.3) is 0 Å². The molecular weight excluding hydrogens is 156 g/mol. The molecule has 0 amide bonds. The van der Waals surface area contributed by atoms with Crippen LogP contribution in [0.15, 0.2) is 11.6 Å². The van der Waals surface area contributed by atoms with E-state index < -0.39 is 5.79 Å². The van der Waals surface area contributed by atoms with E-state index in [2.05, 4.69) is 0 Å². The van der Waals surface area contributed by atoms with Crippen LogP contribution in [0.1, 0.15) is 27.2 Å². The van der Waals surface area contributed by atoms with Gasteiger partial charge in [-0.1, -0.05) is 5.57 Å². The van der Waals surface area contributed by atoms with Crippen molar-refractivity contribution in [2.45, 2.75) is 33.0 Å². The summed E-state index contributed by atoms with van der Waals surface area (Å²) >= 11 is 0. The fourth-order valence-electron chi connectivity index (χ4n) is 0.948. The largest absolute Gasteiger partial charge is 0.430 e. The third-order valence-electron chi connectivity index (χ3n) is 1.69. The van der Waals surface area contributed by atoms with Gasteiger partial charge in [-0.15, -0.1) is 0 Å². The van der Waals surface area contributed by atoms with E-state index in [9.17, 15) is 4.79 Å². The minimum atomic E-state index is -0.664. The van der Waals surface area contributed by atoms with Gasteiger partial charge in [0.05, 0.1) is 6.61 Å². The Morgan fingerprint density at radius 3 is 2.50 bits per heavy atom. The highest BCUT2D eigenvalue weighted by atomic mass is 16.7. The fourth-order valence-corrected chi connectivity index (χ4v) is 0.948. The van der Waals surface area contributed by atoms with Gasteiger partial charge in [-0.25, -0.2) is 4.79 Å². The lowest BCUT2D eigenvalue weighted by Gasteiger charge is -2.36. The van der Waals surface area contributed by atoms with Crippen molar-refractivity contribution in [2.24, 2.45) is 0 Å². The topological polar surface area (TPSA) is 35.5 Å². The summed E-state index contributed by atoms with van der Waals surface area (Å²) in [6.07, 6.45) is 2.25. The zero-order valence-electron chi connectivity index (χ0n) is 7.72. The van der Waals surface area contributed by atoms with Gasteiger partial charge in [-0.3, -0.25) is 0 Å². The van der Waals surface area contributed by atoms with E-state index in [0.717, 1.165) is 12.0 Å². The van der Waals surface area contributed by atoms with Crippen LogP contribution in [0.5, 0.6) is 0 Å². The van der Waals surface area contributed by atoms with Gasteiger partial charge < -0.3 is 9.47 Å². The van der Waals surface area contributed by atoms with Gasteiger partial charge in [0.2, 0.25) is 5.79 Å². The first-order valence-electron chi connectivity index (χ1n) is 4.04. The molecule has 1 rings (SSSR count). The predicted octanol–water partition coefficient (Wildman–Crippen LogP) is 1.63. The third-order valence-corrected chi connectivity index (χ3v) is 1.69. The predicted molar refractivity (Wildman–Crippen MR) is 44.5 cm³/mol. The number of allylic oxidation sites excluding steroid dienone is 1. The number of hydrogen-bond acceptors (Lipinski definition) is 3. The molecule has 1 atom stereocenters. The minimum Gasteiger partial charge on any atom is -0.430 e. The Morgan fingerprint density at radius 1 is 1.58 bits per heavy atom. The number of rotatable bonds is 2. The lowest BCUT2D eigenvalue weighted by atomic mass is 10.1. The van der Waals surface area contributed by atoms with Crippen molar-refractivity contribution in [3.63, 3.8) is 0 Å². The zero-order chi connectivity index (χ0) is 9.19. The first-order chi connectivity index (χ1) is 5.52. The summed E-state index contributed by atoms with van der Waals surface area (Å²) in [7, 11) is 0. The minimum absolute atomic E-state index is 0.322. The van der Waals surface area contributed by atoms with Gasteiger partial charge >= 0.3 is 5.97 Å². The van der Waals surface area contributed by atoms with Gasteiger partial charge in [-0.05, 0) is 13.8 Å². The maximum Gasteiger partial charge on any atom is 0.333 e. The van der Waals surface area contributed by atoms with E-state index in [1.54, 1.807) is 6.92 Å². The second kappa shape index (κ2) is 3.27. The van der Waals surface area contributed by atoms with Crippen LogP contribution in [0, 0.1) is 0 Å². The van der Waals surface area contributed by atoms with Gasteiger partial charge in [0.25, 0.3) is 0 Å². The standard InChI is InChI=1S/C9H14O3/c1-7(2)6-8(10)12-9(3)4-5-11-9/h6H,4-5H2,1-3H3. The van der Waals surface area contributed by atoms with Gasteiger partial charge in [0.15, 0.2) is 0 Å². The maximum atomic E-state index is 11.1. The number of hydrogen-bond donors (Lipinski definition) is 0. The van der Waals surface area contributed by atoms with E-state index in [4.69, 9.17) is 9.47 Å². The first-order valence-corrected chi connectivity index (χ1v) is 4.04. The van der Waals surface area contributed by atoms with E-state index in [-0.39, 0.29) is 5.97 Å². The lowest BCUT2D eigenvalue weighted by molar-refractivity contribution is -0.279. The van der Waals surface area contributed by atoms with Crippen LogP contribution >= 0.6 is 0 Å².